The van der Waals surface area contributed by atoms with Gasteiger partial charge in [0.1, 0.15) is 0 Å². The lowest BCUT2D eigenvalue weighted by molar-refractivity contribution is 0.793. The Labute approximate surface area is 171 Å². The average Bonchev–Trinajstić information content (AvgIpc) is 3.28. The fraction of sp³-hybridized carbons (Fsp3) is 0.150. The van der Waals surface area contributed by atoms with E-state index in [0.717, 1.165) is 39.4 Å². The summed E-state index contributed by atoms with van der Waals surface area (Å²) >= 11 is 9.62. The highest BCUT2D eigenvalue weighted by Crippen LogP contribution is 2.29. The van der Waals surface area contributed by atoms with Crippen LogP contribution in [-0.2, 0) is 19.2 Å². The first kappa shape index (κ1) is 18.2. The number of hydrogen-bond acceptors (Lipinski definition) is 5. The average molecular weight is 413 g/mol. The van der Waals surface area contributed by atoms with Gasteiger partial charge < -0.3 is 4.57 Å². The van der Waals surface area contributed by atoms with Crippen molar-refractivity contribution in [3.05, 3.63) is 81.3 Å². The maximum Gasteiger partial charge on any atom is 0.191 e. The first-order valence-electron chi connectivity index (χ1n) is 8.45. The van der Waals surface area contributed by atoms with Crippen molar-refractivity contribution in [1.82, 2.24) is 19.7 Å². The topological polar surface area (TPSA) is 43.6 Å². The summed E-state index contributed by atoms with van der Waals surface area (Å²) in [6.07, 6.45) is 0.872. The number of nitrogens with zero attached hydrogens (tertiary/aromatic N) is 4. The molecule has 136 valence electrons. The summed E-state index contributed by atoms with van der Waals surface area (Å²) in [6, 6.07) is 18.1. The van der Waals surface area contributed by atoms with E-state index in [1.54, 1.807) is 23.1 Å². The third-order valence-electron chi connectivity index (χ3n) is 4.10. The Hall–Kier alpha value is -2.15. The molecule has 4 rings (SSSR count). The summed E-state index contributed by atoms with van der Waals surface area (Å²) < 4.78 is 1.98. The van der Waals surface area contributed by atoms with Crippen molar-refractivity contribution < 1.29 is 0 Å². The van der Waals surface area contributed by atoms with Crippen molar-refractivity contribution in [2.24, 2.45) is 7.05 Å². The Kier molecular flexibility index (Phi) is 5.57. The fourth-order valence-electron chi connectivity index (χ4n) is 2.72. The minimum absolute atomic E-state index is 0.676. The molecule has 4 aromatic rings. The molecule has 0 aliphatic rings. The van der Waals surface area contributed by atoms with Gasteiger partial charge in [-0.25, -0.2) is 4.98 Å². The minimum Gasteiger partial charge on any atom is -0.305 e. The van der Waals surface area contributed by atoms with Gasteiger partial charge in [-0.1, -0.05) is 65.8 Å². The summed E-state index contributed by atoms with van der Waals surface area (Å²) in [5.41, 5.74) is 3.24. The molecule has 0 aliphatic heterocycles. The number of halogens is 1. The molecule has 0 spiro atoms. The molecular weight excluding hydrogens is 396 g/mol. The quantitative estimate of drug-likeness (QED) is 0.393. The predicted octanol–water partition coefficient (Wildman–Crippen LogP) is 5.48. The molecule has 0 atom stereocenters. The van der Waals surface area contributed by atoms with Crippen LogP contribution in [-0.4, -0.2) is 19.7 Å². The highest BCUT2D eigenvalue weighted by atomic mass is 35.5. The number of aromatic nitrogens is 4. The van der Waals surface area contributed by atoms with E-state index in [2.05, 4.69) is 39.8 Å². The van der Waals surface area contributed by atoms with Gasteiger partial charge in [-0.05, 0) is 17.7 Å². The summed E-state index contributed by atoms with van der Waals surface area (Å²) in [4.78, 5) is 4.75. The van der Waals surface area contributed by atoms with Crippen LogP contribution in [0.15, 0.2) is 65.1 Å². The van der Waals surface area contributed by atoms with E-state index < -0.39 is 0 Å². The summed E-state index contributed by atoms with van der Waals surface area (Å²) in [5.74, 6) is 1.53. The molecule has 2 heterocycles. The van der Waals surface area contributed by atoms with Crippen LogP contribution in [0.4, 0.5) is 0 Å². The third kappa shape index (κ3) is 4.24. The van der Waals surface area contributed by atoms with Crippen molar-refractivity contribution in [2.45, 2.75) is 17.3 Å². The van der Waals surface area contributed by atoms with Crippen LogP contribution < -0.4 is 0 Å². The van der Waals surface area contributed by atoms with E-state index in [-0.39, 0.29) is 0 Å². The first-order chi connectivity index (χ1) is 13.2. The van der Waals surface area contributed by atoms with Gasteiger partial charge in [-0.2, -0.15) is 0 Å². The van der Waals surface area contributed by atoms with Gasteiger partial charge in [-0.3, -0.25) is 0 Å². The molecule has 0 N–H and O–H groups in total. The van der Waals surface area contributed by atoms with Crippen LogP contribution in [0.3, 0.4) is 0 Å². The second kappa shape index (κ2) is 8.25. The van der Waals surface area contributed by atoms with Gasteiger partial charge in [0.2, 0.25) is 0 Å². The molecular formula is C20H17ClN4S2. The molecule has 0 saturated carbocycles. The molecule has 0 radical (unpaired) electrons. The van der Waals surface area contributed by atoms with Crippen LogP contribution >= 0.6 is 34.7 Å². The van der Waals surface area contributed by atoms with Crippen molar-refractivity contribution in [3.8, 4) is 11.4 Å². The maximum absolute atomic E-state index is 6.29. The Balaban J connectivity index is 1.43. The molecule has 4 nitrogen and oxygen atoms in total. The highest BCUT2D eigenvalue weighted by Gasteiger charge is 2.14. The van der Waals surface area contributed by atoms with Crippen LogP contribution in [0.1, 0.15) is 16.3 Å². The van der Waals surface area contributed by atoms with E-state index in [1.807, 2.05) is 41.9 Å². The van der Waals surface area contributed by atoms with Crippen molar-refractivity contribution in [2.75, 3.05) is 0 Å². The van der Waals surface area contributed by atoms with Crippen LogP contribution in [0.25, 0.3) is 11.4 Å². The molecule has 2 aromatic carbocycles. The van der Waals surface area contributed by atoms with E-state index >= 15 is 0 Å². The SMILES string of the molecule is Cn1c(SCc2csc(Cc3ccccc3)n2)nnc1-c1ccccc1Cl. The molecule has 0 saturated heterocycles. The number of rotatable bonds is 6. The van der Waals surface area contributed by atoms with Crippen molar-refractivity contribution in [3.63, 3.8) is 0 Å². The monoisotopic (exact) mass is 412 g/mol. The zero-order valence-electron chi connectivity index (χ0n) is 14.7. The van der Waals surface area contributed by atoms with E-state index in [1.165, 1.54) is 5.56 Å². The smallest absolute Gasteiger partial charge is 0.191 e. The van der Waals surface area contributed by atoms with Gasteiger partial charge in [0, 0.05) is 30.2 Å². The molecule has 0 fully saturated rings. The van der Waals surface area contributed by atoms with E-state index in [9.17, 15) is 0 Å². The molecule has 7 heteroatoms. The second-order valence-electron chi connectivity index (χ2n) is 6.03. The second-order valence-corrected chi connectivity index (χ2v) is 8.32. The lowest BCUT2D eigenvalue weighted by atomic mass is 10.2. The molecule has 2 aromatic heterocycles. The summed E-state index contributed by atoms with van der Waals surface area (Å²) in [5, 5.41) is 13.4. The molecule has 0 amide bonds. The predicted molar refractivity (Wildman–Crippen MR) is 112 cm³/mol. The maximum atomic E-state index is 6.29. The minimum atomic E-state index is 0.676. The van der Waals surface area contributed by atoms with Gasteiger partial charge in [0.25, 0.3) is 0 Å². The van der Waals surface area contributed by atoms with Crippen molar-refractivity contribution in [1.29, 1.82) is 0 Å². The van der Waals surface area contributed by atoms with E-state index in [0.29, 0.717) is 5.02 Å². The summed E-state index contributed by atoms with van der Waals surface area (Å²) in [6.45, 7) is 0. The standard InChI is InChI=1S/C20H17ClN4S2/c1-25-19(16-9-5-6-10-17(16)21)23-24-20(25)27-13-15-12-26-18(22-15)11-14-7-3-2-4-8-14/h2-10,12H,11,13H2,1H3. The number of thioether (sulfide) groups is 1. The zero-order valence-corrected chi connectivity index (χ0v) is 17.1. The van der Waals surface area contributed by atoms with Gasteiger partial charge >= 0.3 is 0 Å². The van der Waals surface area contributed by atoms with Gasteiger partial charge in [-0.15, -0.1) is 21.5 Å². The molecule has 0 aliphatic carbocycles. The Bertz CT molecular complexity index is 1040. The molecule has 0 bridgehead atoms. The number of hydrogen-bond donors (Lipinski definition) is 0. The third-order valence-corrected chi connectivity index (χ3v) is 6.38. The Morgan fingerprint density at radius 3 is 2.63 bits per heavy atom. The summed E-state index contributed by atoms with van der Waals surface area (Å²) in [7, 11) is 1.96. The lowest BCUT2D eigenvalue weighted by Gasteiger charge is -2.04. The Morgan fingerprint density at radius 1 is 1.04 bits per heavy atom. The van der Waals surface area contributed by atoms with Gasteiger partial charge in [0.05, 0.1) is 15.7 Å². The first-order valence-corrected chi connectivity index (χ1v) is 10.7. The van der Waals surface area contributed by atoms with Crippen molar-refractivity contribution >= 4 is 34.7 Å². The number of thiazole rings is 1. The van der Waals surface area contributed by atoms with Crippen LogP contribution in [0.5, 0.6) is 0 Å². The molecule has 0 unspecified atom stereocenters. The zero-order chi connectivity index (χ0) is 18.6. The highest BCUT2D eigenvalue weighted by molar-refractivity contribution is 7.98. The largest absolute Gasteiger partial charge is 0.305 e. The fourth-order valence-corrected chi connectivity index (χ4v) is 4.68. The molecule has 27 heavy (non-hydrogen) atoms. The number of benzene rings is 2. The normalized spacial score (nSPS) is 11.0. The lowest BCUT2D eigenvalue weighted by Crippen LogP contribution is -1.95. The Morgan fingerprint density at radius 2 is 1.81 bits per heavy atom. The van der Waals surface area contributed by atoms with E-state index in [4.69, 9.17) is 16.6 Å². The van der Waals surface area contributed by atoms with Crippen LogP contribution in [0.2, 0.25) is 5.02 Å². The van der Waals surface area contributed by atoms with Gasteiger partial charge in [0.15, 0.2) is 11.0 Å². The van der Waals surface area contributed by atoms with Crippen LogP contribution in [0, 0.1) is 0 Å².